The molecular formula is C27H32N2O4S. The predicted molar refractivity (Wildman–Crippen MR) is 136 cm³/mol. The zero-order chi connectivity index (χ0) is 24.7. The van der Waals surface area contributed by atoms with Gasteiger partial charge in [0.1, 0.15) is 12.3 Å². The lowest BCUT2D eigenvalue weighted by Crippen LogP contribution is -2.41. The maximum absolute atomic E-state index is 13.6. The van der Waals surface area contributed by atoms with E-state index in [1.807, 2.05) is 51.1 Å². The third-order valence-corrected chi connectivity index (χ3v) is 7.61. The molecule has 180 valence electrons. The highest BCUT2D eigenvalue weighted by molar-refractivity contribution is 7.92. The van der Waals surface area contributed by atoms with Crippen LogP contribution in [0.1, 0.15) is 28.7 Å². The monoisotopic (exact) mass is 480 g/mol. The number of anilines is 1. The summed E-state index contributed by atoms with van der Waals surface area (Å²) in [6.45, 7) is 5.85. The van der Waals surface area contributed by atoms with Gasteiger partial charge >= 0.3 is 0 Å². The Morgan fingerprint density at radius 2 is 1.68 bits per heavy atom. The average molecular weight is 481 g/mol. The fraction of sp³-hybridized carbons (Fsp3) is 0.296. The number of ether oxygens (including phenoxy) is 1. The van der Waals surface area contributed by atoms with Gasteiger partial charge in [0.25, 0.3) is 10.0 Å². The van der Waals surface area contributed by atoms with Gasteiger partial charge in [-0.2, -0.15) is 0 Å². The zero-order valence-electron chi connectivity index (χ0n) is 20.2. The fourth-order valence-electron chi connectivity index (χ4n) is 3.68. The number of benzene rings is 3. The highest BCUT2D eigenvalue weighted by atomic mass is 32.2. The molecule has 3 aromatic rings. The topological polar surface area (TPSA) is 75.7 Å². The number of methoxy groups -OCH3 is 1. The number of rotatable bonds is 10. The first-order chi connectivity index (χ1) is 16.2. The number of aryl methyl sites for hydroxylation is 3. The van der Waals surface area contributed by atoms with Crippen LogP contribution < -0.4 is 14.4 Å². The minimum atomic E-state index is -3.93. The molecule has 3 aromatic carbocycles. The van der Waals surface area contributed by atoms with E-state index < -0.39 is 10.0 Å². The van der Waals surface area contributed by atoms with Crippen LogP contribution in [-0.2, 0) is 21.2 Å². The SMILES string of the molecule is COc1cccc(CCCNC(=O)CN(c2cccc(C)c2C)S(=O)(=O)c2ccc(C)cc2)c1. The van der Waals surface area contributed by atoms with E-state index in [9.17, 15) is 13.2 Å². The Bertz CT molecular complexity index is 1240. The second kappa shape index (κ2) is 11.2. The van der Waals surface area contributed by atoms with Crippen LogP contribution in [0.5, 0.6) is 5.75 Å². The zero-order valence-corrected chi connectivity index (χ0v) is 21.0. The molecule has 0 heterocycles. The second-order valence-corrected chi connectivity index (χ2v) is 10.2. The summed E-state index contributed by atoms with van der Waals surface area (Å²) < 4.78 is 33.6. The molecule has 0 aliphatic carbocycles. The van der Waals surface area contributed by atoms with Crippen molar-refractivity contribution in [3.05, 3.63) is 89.0 Å². The number of amides is 1. The number of nitrogens with zero attached hydrogens (tertiary/aromatic N) is 1. The van der Waals surface area contributed by atoms with Gasteiger partial charge in [-0.1, -0.05) is 42.0 Å². The number of carbonyl (C=O) groups excluding carboxylic acids is 1. The summed E-state index contributed by atoms with van der Waals surface area (Å²) in [6, 6.07) is 20.0. The highest BCUT2D eigenvalue weighted by Crippen LogP contribution is 2.28. The number of carbonyl (C=O) groups is 1. The molecule has 0 unspecified atom stereocenters. The van der Waals surface area contributed by atoms with Crippen LogP contribution in [-0.4, -0.2) is 34.5 Å². The normalized spacial score (nSPS) is 11.2. The molecule has 6 nitrogen and oxygen atoms in total. The molecule has 0 spiro atoms. The third kappa shape index (κ3) is 6.17. The first-order valence-electron chi connectivity index (χ1n) is 11.3. The van der Waals surface area contributed by atoms with E-state index in [0.717, 1.165) is 40.8 Å². The second-order valence-electron chi connectivity index (χ2n) is 8.35. The Morgan fingerprint density at radius 3 is 2.38 bits per heavy atom. The lowest BCUT2D eigenvalue weighted by Gasteiger charge is -2.26. The van der Waals surface area contributed by atoms with Gasteiger partial charge in [-0.25, -0.2) is 8.42 Å². The first-order valence-corrected chi connectivity index (χ1v) is 12.7. The van der Waals surface area contributed by atoms with Crippen molar-refractivity contribution in [3.63, 3.8) is 0 Å². The van der Waals surface area contributed by atoms with Crippen molar-refractivity contribution >= 4 is 21.6 Å². The summed E-state index contributed by atoms with van der Waals surface area (Å²) in [5.41, 5.74) is 4.37. The van der Waals surface area contributed by atoms with Crippen molar-refractivity contribution in [1.29, 1.82) is 0 Å². The van der Waals surface area contributed by atoms with E-state index in [-0.39, 0.29) is 17.3 Å². The summed E-state index contributed by atoms with van der Waals surface area (Å²) >= 11 is 0. The molecule has 0 saturated heterocycles. The maximum atomic E-state index is 13.6. The Hall–Kier alpha value is -3.32. The Balaban J connectivity index is 1.74. The van der Waals surface area contributed by atoms with Crippen LogP contribution in [0, 0.1) is 20.8 Å². The van der Waals surface area contributed by atoms with Gasteiger partial charge in [-0.3, -0.25) is 9.10 Å². The van der Waals surface area contributed by atoms with Gasteiger partial charge < -0.3 is 10.1 Å². The van der Waals surface area contributed by atoms with Gasteiger partial charge in [0.15, 0.2) is 0 Å². The number of sulfonamides is 1. The van der Waals surface area contributed by atoms with Crippen LogP contribution in [0.2, 0.25) is 0 Å². The molecule has 7 heteroatoms. The molecule has 1 amide bonds. The minimum absolute atomic E-state index is 0.157. The van der Waals surface area contributed by atoms with Gasteiger partial charge in [0.2, 0.25) is 5.91 Å². The minimum Gasteiger partial charge on any atom is -0.497 e. The predicted octanol–water partition coefficient (Wildman–Crippen LogP) is 4.56. The molecule has 34 heavy (non-hydrogen) atoms. The van der Waals surface area contributed by atoms with E-state index in [1.54, 1.807) is 43.5 Å². The molecule has 3 rings (SSSR count). The number of hydrogen-bond donors (Lipinski definition) is 1. The smallest absolute Gasteiger partial charge is 0.264 e. The van der Waals surface area contributed by atoms with Crippen molar-refractivity contribution in [2.75, 3.05) is 24.5 Å². The standard InChI is InChI=1S/C27H32N2O4S/c1-20-13-15-25(16-14-20)34(31,32)29(26-12-5-8-21(2)22(26)3)19-27(30)28-17-7-10-23-9-6-11-24(18-23)33-4/h5-6,8-9,11-16,18H,7,10,17,19H2,1-4H3,(H,28,30). The van der Waals surface area contributed by atoms with Crippen molar-refractivity contribution in [1.82, 2.24) is 5.32 Å². The summed E-state index contributed by atoms with van der Waals surface area (Å²) in [7, 11) is -2.30. The van der Waals surface area contributed by atoms with Gasteiger partial charge in [0, 0.05) is 6.54 Å². The Kier molecular flexibility index (Phi) is 8.34. The summed E-state index contributed by atoms with van der Waals surface area (Å²) in [4.78, 5) is 13.0. The van der Waals surface area contributed by atoms with Crippen molar-refractivity contribution in [2.24, 2.45) is 0 Å². The third-order valence-electron chi connectivity index (χ3n) is 5.84. The summed E-state index contributed by atoms with van der Waals surface area (Å²) in [5, 5.41) is 2.87. The van der Waals surface area contributed by atoms with Gasteiger partial charge in [-0.05, 0) is 80.6 Å². The Morgan fingerprint density at radius 1 is 0.971 bits per heavy atom. The summed E-state index contributed by atoms with van der Waals surface area (Å²) in [5.74, 6) is 0.453. The highest BCUT2D eigenvalue weighted by Gasteiger charge is 2.28. The molecule has 0 radical (unpaired) electrons. The molecule has 0 aliphatic rings. The lowest BCUT2D eigenvalue weighted by molar-refractivity contribution is -0.119. The van der Waals surface area contributed by atoms with E-state index in [4.69, 9.17) is 4.74 Å². The molecule has 1 N–H and O–H groups in total. The van der Waals surface area contributed by atoms with Crippen LogP contribution in [0.4, 0.5) is 5.69 Å². The molecular weight excluding hydrogens is 448 g/mol. The van der Waals surface area contributed by atoms with Crippen molar-refractivity contribution < 1.29 is 17.9 Å². The van der Waals surface area contributed by atoms with Crippen molar-refractivity contribution in [3.8, 4) is 5.75 Å². The van der Waals surface area contributed by atoms with Crippen LogP contribution in [0.15, 0.2) is 71.6 Å². The van der Waals surface area contributed by atoms with E-state index >= 15 is 0 Å². The molecule has 0 atom stereocenters. The van der Waals surface area contributed by atoms with Gasteiger partial charge in [-0.15, -0.1) is 0 Å². The maximum Gasteiger partial charge on any atom is 0.264 e. The quantitative estimate of drug-likeness (QED) is 0.432. The van der Waals surface area contributed by atoms with Crippen LogP contribution >= 0.6 is 0 Å². The van der Waals surface area contributed by atoms with Crippen LogP contribution in [0.25, 0.3) is 0 Å². The average Bonchev–Trinajstić information content (AvgIpc) is 2.82. The van der Waals surface area contributed by atoms with Crippen molar-refractivity contribution in [2.45, 2.75) is 38.5 Å². The largest absolute Gasteiger partial charge is 0.497 e. The van der Waals surface area contributed by atoms with E-state index in [0.29, 0.717) is 12.2 Å². The fourth-order valence-corrected chi connectivity index (χ4v) is 5.16. The molecule has 0 aliphatic heterocycles. The molecule has 0 bridgehead atoms. The lowest BCUT2D eigenvalue weighted by atomic mass is 10.1. The van der Waals surface area contributed by atoms with Gasteiger partial charge in [0.05, 0.1) is 17.7 Å². The molecule has 0 saturated carbocycles. The summed E-state index contributed by atoms with van der Waals surface area (Å²) in [6.07, 6.45) is 1.51. The van der Waals surface area contributed by atoms with E-state index in [1.165, 1.54) is 4.31 Å². The number of hydrogen-bond acceptors (Lipinski definition) is 4. The number of nitrogens with one attached hydrogen (secondary N) is 1. The molecule has 0 fully saturated rings. The van der Waals surface area contributed by atoms with Crippen LogP contribution in [0.3, 0.4) is 0 Å². The van der Waals surface area contributed by atoms with E-state index in [2.05, 4.69) is 5.32 Å². The molecule has 0 aromatic heterocycles. The first kappa shape index (κ1) is 25.3. The Labute approximate surface area is 202 Å².